The maximum absolute atomic E-state index is 13.2. The van der Waals surface area contributed by atoms with Crippen LogP contribution in [-0.4, -0.2) is 19.8 Å². The number of nitrogens with two attached hydrogens (primary N) is 1. The van der Waals surface area contributed by atoms with Gasteiger partial charge in [-0.15, -0.1) is 0 Å². The first-order valence-electron chi connectivity index (χ1n) is 5.18. The highest BCUT2D eigenvalue weighted by atomic mass is 19.1. The van der Waals surface area contributed by atoms with Crippen LogP contribution >= 0.6 is 0 Å². The van der Waals surface area contributed by atoms with E-state index in [0.717, 1.165) is 0 Å². The fraction of sp³-hybridized carbons (Fsp3) is 0.417. The predicted molar refractivity (Wildman–Crippen MR) is 61.6 cm³/mol. The molecular weight excluding hydrogens is 228 g/mol. The molecule has 0 amide bonds. The first-order chi connectivity index (χ1) is 8.15. The number of alkyl halides is 1. The van der Waals surface area contributed by atoms with Crippen LogP contribution in [0.15, 0.2) is 24.3 Å². The summed E-state index contributed by atoms with van der Waals surface area (Å²) in [5, 5.41) is 0. The van der Waals surface area contributed by atoms with Gasteiger partial charge in [0, 0.05) is 11.6 Å². The van der Waals surface area contributed by atoms with E-state index in [-0.39, 0.29) is 6.42 Å². The van der Waals surface area contributed by atoms with E-state index in [1.54, 1.807) is 25.1 Å². The lowest BCUT2D eigenvalue weighted by atomic mass is 10.0. The van der Waals surface area contributed by atoms with Gasteiger partial charge in [-0.1, -0.05) is 18.2 Å². The van der Waals surface area contributed by atoms with Crippen molar-refractivity contribution in [1.82, 2.24) is 0 Å². The number of hydrogen-bond acceptors (Lipinski definition) is 3. The number of esters is 1. The average molecular weight is 245 g/mol. The molecule has 0 aliphatic carbocycles. The van der Waals surface area contributed by atoms with Gasteiger partial charge in [0.1, 0.15) is 5.82 Å². The third-order valence-electron chi connectivity index (χ3n) is 2.00. The number of ether oxygens (including phenoxy) is 1. The minimum atomic E-state index is -0.648. The van der Waals surface area contributed by atoms with Crippen LogP contribution < -0.4 is 5.73 Å². The third-order valence-corrected chi connectivity index (χ3v) is 2.00. The molecule has 0 saturated carbocycles. The molecule has 0 radical (unpaired) electrons. The Morgan fingerprint density at radius 3 is 2.53 bits per heavy atom. The largest absolute Gasteiger partial charge is 0.466 e. The normalized spacial score (nSPS) is 11.1. The molecule has 1 rings (SSSR count). The van der Waals surface area contributed by atoms with E-state index >= 15 is 0 Å². The van der Waals surface area contributed by atoms with Gasteiger partial charge in [-0.25, -0.2) is 4.39 Å². The number of hydrogen-bond donors (Lipinski definition) is 1. The zero-order chi connectivity index (χ0) is 13.3. The molecule has 0 saturated heterocycles. The highest BCUT2D eigenvalue weighted by Gasteiger charge is 2.15. The first kappa shape index (κ1) is 15.5. The molecule has 1 unspecified atom stereocenters. The van der Waals surface area contributed by atoms with Crippen molar-refractivity contribution in [2.24, 2.45) is 5.73 Å². The number of carbonyl (C=O) groups excluding carboxylic acids is 1. The lowest BCUT2D eigenvalue weighted by molar-refractivity contribution is -0.143. The minimum absolute atomic E-state index is 0.00519. The van der Waals surface area contributed by atoms with Gasteiger partial charge >= 0.3 is 5.97 Å². The molecule has 17 heavy (non-hydrogen) atoms. The molecule has 3 nitrogen and oxygen atoms in total. The van der Waals surface area contributed by atoms with Crippen molar-refractivity contribution in [1.29, 1.82) is 0 Å². The van der Waals surface area contributed by atoms with Crippen molar-refractivity contribution in [2.75, 3.05) is 13.8 Å². The molecule has 0 fully saturated rings. The van der Waals surface area contributed by atoms with Crippen LogP contribution in [0.4, 0.5) is 8.78 Å². The number of halogens is 2. The molecule has 0 aliphatic rings. The Bertz CT molecular complexity index is 345. The van der Waals surface area contributed by atoms with E-state index in [4.69, 9.17) is 10.5 Å². The van der Waals surface area contributed by atoms with Gasteiger partial charge in [0.05, 0.1) is 20.2 Å². The smallest absolute Gasteiger partial charge is 0.307 e. The average Bonchev–Trinajstić information content (AvgIpc) is 2.32. The highest BCUT2D eigenvalue weighted by Crippen LogP contribution is 2.17. The molecule has 0 aliphatic heterocycles. The fourth-order valence-corrected chi connectivity index (χ4v) is 1.29. The van der Waals surface area contributed by atoms with E-state index < -0.39 is 17.8 Å². The molecule has 2 N–H and O–H groups in total. The van der Waals surface area contributed by atoms with Crippen molar-refractivity contribution < 1.29 is 18.3 Å². The summed E-state index contributed by atoms with van der Waals surface area (Å²) in [7, 11) is 0.500. The first-order valence-corrected chi connectivity index (χ1v) is 5.18. The van der Waals surface area contributed by atoms with Crippen LogP contribution in [-0.2, 0) is 9.53 Å². The quantitative estimate of drug-likeness (QED) is 0.828. The summed E-state index contributed by atoms with van der Waals surface area (Å²) in [6.07, 6.45) is -0.00519. The Balaban J connectivity index is 0.00000121. The lowest BCUT2D eigenvalue weighted by Crippen LogP contribution is -2.18. The molecule has 5 heteroatoms. The molecular formula is C12H17F2NO2. The van der Waals surface area contributed by atoms with Crippen LogP contribution in [0.25, 0.3) is 0 Å². The molecule has 1 aromatic carbocycles. The van der Waals surface area contributed by atoms with E-state index in [1.807, 2.05) is 0 Å². The van der Waals surface area contributed by atoms with Crippen LogP contribution in [0, 0.1) is 5.82 Å². The van der Waals surface area contributed by atoms with Gasteiger partial charge in [0.25, 0.3) is 0 Å². The SMILES string of the molecule is CCOC(=O)CC(N)c1ccccc1F.CF. The van der Waals surface area contributed by atoms with E-state index in [0.29, 0.717) is 19.3 Å². The van der Waals surface area contributed by atoms with Gasteiger partial charge < -0.3 is 10.5 Å². The fourth-order valence-electron chi connectivity index (χ4n) is 1.29. The molecule has 0 bridgehead atoms. The Morgan fingerprint density at radius 2 is 2.00 bits per heavy atom. The van der Waals surface area contributed by atoms with E-state index in [9.17, 15) is 13.6 Å². The standard InChI is InChI=1S/C11H14FNO2.CH3F/c1-2-15-11(14)7-10(13)8-5-3-4-6-9(8)12;1-2/h3-6,10H,2,7,13H2,1H3;1H3. The summed E-state index contributed by atoms with van der Waals surface area (Å²) in [6, 6.07) is 5.50. The number of carbonyl (C=O) groups is 1. The van der Waals surface area contributed by atoms with Crippen molar-refractivity contribution >= 4 is 5.97 Å². The van der Waals surface area contributed by atoms with E-state index in [2.05, 4.69) is 0 Å². The second kappa shape index (κ2) is 8.64. The zero-order valence-corrected chi connectivity index (χ0v) is 9.95. The van der Waals surface area contributed by atoms with E-state index in [1.165, 1.54) is 6.07 Å². The van der Waals surface area contributed by atoms with Crippen molar-refractivity contribution in [3.05, 3.63) is 35.6 Å². The van der Waals surface area contributed by atoms with Gasteiger partial charge in [-0.2, -0.15) is 0 Å². The van der Waals surface area contributed by atoms with Crippen molar-refractivity contribution in [2.45, 2.75) is 19.4 Å². The molecule has 0 aromatic heterocycles. The highest BCUT2D eigenvalue weighted by molar-refractivity contribution is 5.70. The topological polar surface area (TPSA) is 52.3 Å². The van der Waals surface area contributed by atoms with Gasteiger partial charge in [0.15, 0.2) is 0 Å². The van der Waals surface area contributed by atoms with Gasteiger partial charge in [-0.05, 0) is 13.0 Å². The molecule has 1 atom stereocenters. The maximum Gasteiger partial charge on any atom is 0.307 e. The third kappa shape index (κ3) is 5.40. The van der Waals surface area contributed by atoms with Crippen LogP contribution in [0.3, 0.4) is 0 Å². The summed E-state index contributed by atoms with van der Waals surface area (Å²) in [4.78, 5) is 11.1. The summed E-state index contributed by atoms with van der Waals surface area (Å²) < 4.78 is 27.5. The summed E-state index contributed by atoms with van der Waals surface area (Å²) in [6.45, 7) is 2.02. The van der Waals surface area contributed by atoms with Crippen LogP contribution in [0.5, 0.6) is 0 Å². The Hall–Kier alpha value is -1.49. The number of benzene rings is 1. The predicted octanol–water partition coefficient (Wildman–Crippen LogP) is 2.36. The van der Waals surface area contributed by atoms with Crippen molar-refractivity contribution in [3.8, 4) is 0 Å². The summed E-state index contributed by atoms with van der Waals surface area (Å²) in [5.41, 5.74) is 6.02. The Morgan fingerprint density at radius 1 is 1.41 bits per heavy atom. The Kier molecular flexibility index (Phi) is 7.88. The summed E-state index contributed by atoms with van der Waals surface area (Å²) in [5.74, 6) is -0.803. The second-order valence-corrected chi connectivity index (χ2v) is 3.14. The molecule has 0 spiro atoms. The monoisotopic (exact) mass is 245 g/mol. The lowest BCUT2D eigenvalue weighted by Gasteiger charge is -2.11. The second-order valence-electron chi connectivity index (χ2n) is 3.14. The zero-order valence-electron chi connectivity index (χ0n) is 9.95. The Labute approximate surface area is 99.6 Å². The molecule has 1 aromatic rings. The maximum atomic E-state index is 13.2. The van der Waals surface area contributed by atoms with Crippen LogP contribution in [0.1, 0.15) is 24.9 Å². The molecule has 96 valence electrons. The van der Waals surface area contributed by atoms with Gasteiger partial charge in [0.2, 0.25) is 0 Å². The minimum Gasteiger partial charge on any atom is -0.466 e. The van der Waals surface area contributed by atoms with Crippen molar-refractivity contribution in [3.63, 3.8) is 0 Å². The van der Waals surface area contributed by atoms with Gasteiger partial charge in [-0.3, -0.25) is 9.18 Å². The molecule has 0 heterocycles. The van der Waals surface area contributed by atoms with Crippen LogP contribution in [0.2, 0.25) is 0 Å². The summed E-state index contributed by atoms with van der Waals surface area (Å²) >= 11 is 0. The number of rotatable bonds is 4.